The zero-order chi connectivity index (χ0) is 15.4. The number of fused-ring (bicyclic) bond motifs is 1. The lowest BCUT2D eigenvalue weighted by Crippen LogP contribution is -2.16. The van der Waals surface area contributed by atoms with Gasteiger partial charge in [-0.15, -0.1) is 0 Å². The minimum absolute atomic E-state index is 0.155. The van der Waals surface area contributed by atoms with Gasteiger partial charge in [-0.25, -0.2) is 9.78 Å². The summed E-state index contributed by atoms with van der Waals surface area (Å²) in [6.07, 6.45) is 3.38. The third-order valence-electron chi connectivity index (χ3n) is 2.31. The Kier molecular flexibility index (Phi) is 4.33. The van der Waals surface area contributed by atoms with E-state index in [9.17, 15) is 4.79 Å². The number of ether oxygens (including phenoxy) is 1. The van der Waals surface area contributed by atoms with Crippen LogP contribution in [-0.4, -0.2) is 27.4 Å². The summed E-state index contributed by atoms with van der Waals surface area (Å²) in [7, 11) is 0. The molecule has 1 amide bonds. The van der Waals surface area contributed by atoms with Gasteiger partial charge in [0.1, 0.15) is 17.4 Å². The fourth-order valence-electron chi connectivity index (χ4n) is 1.49. The smallest absolute Gasteiger partial charge is 0.408 e. The Bertz CT molecular complexity index is 752. The van der Waals surface area contributed by atoms with Crippen LogP contribution >= 0.6 is 15.9 Å². The maximum absolute atomic E-state index is 11.8. The number of halogens is 1. The minimum Gasteiger partial charge on any atom is -0.408 e. The molecule has 0 aliphatic heterocycles. The van der Waals surface area contributed by atoms with Crippen LogP contribution in [0.5, 0.6) is 0 Å². The highest BCUT2D eigenvalue weighted by Crippen LogP contribution is 2.21. The molecule has 0 radical (unpaired) electrons. The second-order valence-electron chi connectivity index (χ2n) is 3.73. The van der Waals surface area contributed by atoms with Crippen molar-refractivity contribution < 1.29 is 9.53 Å². The number of aromatic nitrogens is 3. The lowest BCUT2D eigenvalue weighted by Gasteiger charge is -2.08. The third kappa shape index (κ3) is 3.26. The first-order valence-corrected chi connectivity index (χ1v) is 6.41. The number of hydrogen-bond acceptors (Lipinski definition) is 6. The molecule has 108 valence electrons. The van der Waals surface area contributed by atoms with Crippen LogP contribution < -0.4 is 11.1 Å². The predicted octanol–water partition coefficient (Wildman–Crippen LogP) is 2.35. The molecule has 0 bridgehead atoms. The van der Waals surface area contributed by atoms with Gasteiger partial charge < -0.3 is 10.5 Å². The van der Waals surface area contributed by atoms with Gasteiger partial charge in [-0.05, 0) is 28.7 Å². The summed E-state index contributed by atoms with van der Waals surface area (Å²) in [4.78, 5) is 19.4. The van der Waals surface area contributed by atoms with E-state index >= 15 is 0 Å². The van der Waals surface area contributed by atoms with Crippen molar-refractivity contribution in [2.45, 2.75) is 0 Å². The van der Waals surface area contributed by atoms with Crippen molar-refractivity contribution in [3.05, 3.63) is 41.4 Å². The molecule has 0 fully saturated rings. The van der Waals surface area contributed by atoms with Crippen molar-refractivity contribution in [1.29, 1.82) is 0 Å². The summed E-state index contributed by atoms with van der Waals surface area (Å²) in [6, 6.07) is 1.46. The number of amides is 1. The Morgan fingerprint density at radius 2 is 2.38 bits per heavy atom. The van der Waals surface area contributed by atoms with Gasteiger partial charge in [0.15, 0.2) is 5.65 Å². The van der Waals surface area contributed by atoms with E-state index in [4.69, 9.17) is 10.5 Å². The van der Waals surface area contributed by atoms with E-state index < -0.39 is 6.09 Å². The summed E-state index contributed by atoms with van der Waals surface area (Å²) in [5, 5.41) is 6.58. The second-order valence-corrected chi connectivity index (χ2v) is 4.58. The molecule has 8 nitrogen and oxygen atoms in total. The van der Waals surface area contributed by atoms with Crippen LogP contribution in [0.15, 0.2) is 46.3 Å². The lowest BCUT2D eigenvalue weighted by molar-refractivity contribution is 0.194. The number of allylic oxidation sites excluding steroid dienone is 1. The lowest BCUT2D eigenvalue weighted by atomic mass is 10.5. The van der Waals surface area contributed by atoms with E-state index in [1.807, 2.05) is 0 Å². The zero-order valence-corrected chi connectivity index (χ0v) is 12.4. The molecule has 0 spiro atoms. The third-order valence-corrected chi connectivity index (χ3v) is 2.87. The molecule has 2 aromatic rings. The average molecular weight is 351 g/mol. The van der Waals surface area contributed by atoms with Crippen LogP contribution in [0.1, 0.15) is 0 Å². The number of carbonyl (C=O) groups excluding carboxylic acids is 1. The molecule has 0 aliphatic carbocycles. The molecular weight excluding hydrogens is 340 g/mol. The molecule has 0 unspecified atom stereocenters. The SMILES string of the molecule is C=C/C(=C\N=C)OC(=O)Nc1cc(N)nc2c(Br)cnn12. The molecule has 0 atom stereocenters. The summed E-state index contributed by atoms with van der Waals surface area (Å²) < 4.78 is 7.04. The summed E-state index contributed by atoms with van der Waals surface area (Å²) in [5.74, 6) is 0.692. The topological polar surface area (TPSA) is 107 Å². The van der Waals surface area contributed by atoms with Crippen molar-refractivity contribution >= 4 is 46.0 Å². The molecule has 2 aromatic heterocycles. The quantitative estimate of drug-likeness (QED) is 0.500. The first-order valence-electron chi connectivity index (χ1n) is 5.62. The highest BCUT2D eigenvalue weighted by atomic mass is 79.9. The number of aliphatic imine (C=N–C) groups is 1. The Morgan fingerprint density at radius 1 is 1.62 bits per heavy atom. The summed E-state index contributed by atoms with van der Waals surface area (Å²) in [6.45, 7) is 6.76. The normalized spacial score (nSPS) is 11.2. The number of rotatable bonds is 4. The molecular formula is C12H11BrN6O2. The van der Waals surface area contributed by atoms with E-state index in [0.717, 1.165) is 0 Å². The van der Waals surface area contributed by atoms with Crippen LogP contribution in [0.25, 0.3) is 5.65 Å². The van der Waals surface area contributed by atoms with Crippen LogP contribution in [0.4, 0.5) is 16.4 Å². The molecule has 0 aromatic carbocycles. The Hall–Kier alpha value is -2.68. The van der Waals surface area contributed by atoms with Crippen molar-refractivity contribution in [3.8, 4) is 0 Å². The van der Waals surface area contributed by atoms with Gasteiger partial charge in [-0.3, -0.25) is 10.3 Å². The monoisotopic (exact) mass is 350 g/mol. The van der Waals surface area contributed by atoms with E-state index in [0.29, 0.717) is 15.9 Å². The number of nitrogens with one attached hydrogen (secondary N) is 1. The van der Waals surface area contributed by atoms with Crippen LogP contribution in [0.2, 0.25) is 0 Å². The summed E-state index contributed by atoms with van der Waals surface area (Å²) in [5.41, 5.74) is 6.16. The van der Waals surface area contributed by atoms with Crippen molar-refractivity contribution in [2.75, 3.05) is 11.1 Å². The van der Waals surface area contributed by atoms with Crippen LogP contribution in [-0.2, 0) is 4.74 Å². The van der Waals surface area contributed by atoms with Gasteiger partial charge in [0.05, 0.1) is 16.9 Å². The van der Waals surface area contributed by atoms with E-state index in [1.54, 1.807) is 0 Å². The maximum Gasteiger partial charge on any atom is 0.418 e. The Morgan fingerprint density at radius 3 is 3.05 bits per heavy atom. The Balaban J connectivity index is 2.27. The number of nitrogens with two attached hydrogens (primary N) is 1. The molecule has 9 heteroatoms. The van der Waals surface area contributed by atoms with Crippen molar-refractivity contribution in [1.82, 2.24) is 14.6 Å². The van der Waals surface area contributed by atoms with Gasteiger partial charge in [-0.2, -0.15) is 9.61 Å². The van der Waals surface area contributed by atoms with Crippen molar-refractivity contribution in [2.24, 2.45) is 4.99 Å². The van der Waals surface area contributed by atoms with Crippen LogP contribution in [0, 0.1) is 0 Å². The fraction of sp³-hybridized carbons (Fsp3) is 0. The molecule has 21 heavy (non-hydrogen) atoms. The molecule has 0 saturated heterocycles. The molecule has 2 heterocycles. The van der Waals surface area contributed by atoms with E-state index in [1.165, 1.54) is 29.1 Å². The highest BCUT2D eigenvalue weighted by molar-refractivity contribution is 9.10. The zero-order valence-electron chi connectivity index (χ0n) is 10.8. The second kappa shape index (κ2) is 6.18. The number of anilines is 2. The van der Waals surface area contributed by atoms with Crippen molar-refractivity contribution in [3.63, 3.8) is 0 Å². The number of carbonyl (C=O) groups is 1. The number of nitrogen functional groups attached to an aromatic ring is 1. The van der Waals surface area contributed by atoms with Gasteiger partial charge in [0.2, 0.25) is 0 Å². The highest BCUT2D eigenvalue weighted by Gasteiger charge is 2.12. The molecule has 2 rings (SSSR count). The van der Waals surface area contributed by atoms with Gasteiger partial charge in [0, 0.05) is 6.07 Å². The largest absolute Gasteiger partial charge is 0.418 e. The summed E-state index contributed by atoms with van der Waals surface area (Å²) >= 11 is 3.29. The van der Waals surface area contributed by atoms with Gasteiger partial charge >= 0.3 is 6.09 Å². The van der Waals surface area contributed by atoms with E-state index in [2.05, 4.69) is 49.6 Å². The van der Waals surface area contributed by atoms with E-state index in [-0.39, 0.29) is 11.6 Å². The number of nitrogens with zero attached hydrogens (tertiary/aromatic N) is 4. The average Bonchev–Trinajstić information content (AvgIpc) is 2.80. The first-order chi connectivity index (χ1) is 10.0. The predicted molar refractivity (Wildman–Crippen MR) is 83.0 cm³/mol. The molecule has 0 aliphatic rings. The first kappa shape index (κ1) is 14.7. The Labute approximate surface area is 128 Å². The standard InChI is InChI=1S/C12H11BrN6O2/c1-3-7(5-15-2)21-12(20)18-10-4-9(14)17-11-8(13)6-16-19(10)11/h3-6H,1-2H2,(H2,14,17)(H,18,20)/b7-5+. The maximum atomic E-state index is 11.8. The number of hydrogen-bond donors (Lipinski definition) is 2. The van der Waals surface area contributed by atoms with Gasteiger partial charge in [0.25, 0.3) is 0 Å². The molecule has 3 N–H and O–H groups in total. The fourth-order valence-corrected chi connectivity index (χ4v) is 1.84. The van der Waals surface area contributed by atoms with Crippen LogP contribution in [0.3, 0.4) is 0 Å². The minimum atomic E-state index is -0.747. The molecule has 0 saturated carbocycles. The van der Waals surface area contributed by atoms with Gasteiger partial charge in [-0.1, -0.05) is 6.58 Å².